The van der Waals surface area contributed by atoms with Gasteiger partial charge in [0.1, 0.15) is 35.8 Å². The second-order valence-electron chi connectivity index (χ2n) is 17.7. The highest BCUT2D eigenvalue weighted by Crippen LogP contribution is 2.51. The van der Waals surface area contributed by atoms with Gasteiger partial charge in [0, 0.05) is 33.9 Å². The molecule has 1 aliphatic carbocycles. The average Bonchev–Trinajstić information content (AvgIpc) is 3.46. The number of aliphatic carboxylic acids is 2. The number of benzodiazepines with no additional fused rings is 1. The van der Waals surface area contributed by atoms with Crippen molar-refractivity contribution in [2.24, 2.45) is 10.7 Å². The minimum Gasteiger partial charge on any atom is -0.480 e. The number of anilines is 1. The Morgan fingerprint density at radius 2 is 1.59 bits per heavy atom. The van der Waals surface area contributed by atoms with Crippen molar-refractivity contribution < 1.29 is 43.8 Å². The number of nitrogens with two attached hydrogens (primary N) is 1. The van der Waals surface area contributed by atoms with E-state index in [0.717, 1.165) is 18.4 Å². The Labute approximate surface area is 397 Å². The smallest absolute Gasteiger partial charge is 0.347 e. The van der Waals surface area contributed by atoms with Gasteiger partial charge in [-0.15, -0.1) is 11.8 Å². The maximum atomic E-state index is 12.3. The molecule has 1 unspecified atom stereocenters. The quantitative estimate of drug-likeness (QED) is 0.0535. The molecule has 5 aromatic rings. The van der Waals surface area contributed by atoms with Gasteiger partial charge in [-0.25, -0.2) is 9.59 Å². The number of carboxylic acid groups (broad SMARTS) is 2. The Balaban J connectivity index is 0.000000151. The number of aryl methyl sites for hydroxylation is 1. The van der Waals surface area contributed by atoms with E-state index in [0.29, 0.717) is 34.2 Å². The summed E-state index contributed by atoms with van der Waals surface area (Å²) >= 11 is 1.38. The van der Waals surface area contributed by atoms with Crippen LogP contribution >= 0.6 is 11.8 Å². The number of β-lactam (4-membered cyclic amide) rings is 1. The molecule has 0 bridgehead atoms. The molecule has 3 aliphatic heterocycles. The van der Waals surface area contributed by atoms with Gasteiger partial charge < -0.3 is 36.2 Å². The van der Waals surface area contributed by atoms with Gasteiger partial charge in [-0.3, -0.25) is 29.5 Å². The maximum absolute atomic E-state index is 12.3. The topological polar surface area (TPSA) is 244 Å². The third-order valence-corrected chi connectivity index (χ3v) is 13.7. The van der Waals surface area contributed by atoms with Gasteiger partial charge in [-0.1, -0.05) is 97.1 Å². The van der Waals surface area contributed by atoms with Crippen LogP contribution in [0.4, 0.5) is 11.4 Å². The number of fused-ring (bicyclic) bond motifs is 3. The SMILES string of the molecule is CC(C)(Oc1ccc(C2CCCc3ccccc32)cc1)C(=O)O.CC1(C)S[C@@H]2[C@H](NC(=O)[C@H](N)c3ccccc3)C(=O)N2[C@H]1C(=O)O.O=C1CN=C(c2ccccc2)c2cc([N+](=O)[O-])ccc2N1. The fourth-order valence-corrected chi connectivity index (χ4v) is 10.3. The number of ether oxygens (including phenoxy) is 1. The van der Waals surface area contributed by atoms with Crippen molar-refractivity contribution in [2.75, 3.05) is 11.9 Å². The Kier molecular flexibility index (Phi) is 14.5. The molecule has 0 aromatic heterocycles. The van der Waals surface area contributed by atoms with Gasteiger partial charge in [0.25, 0.3) is 5.69 Å². The summed E-state index contributed by atoms with van der Waals surface area (Å²) in [4.78, 5) is 75.1. The Hall–Kier alpha value is -7.37. The fraction of sp³-hybridized carbons (Fsp3) is 0.294. The summed E-state index contributed by atoms with van der Waals surface area (Å²) in [6, 6.07) is 36.5. The fourth-order valence-electron chi connectivity index (χ4n) is 8.63. The van der Waals surface area contributed by atoms with Crippen LogP contribution in [0.5, 0.6) is 5.75 Å². The summed E-state index contributed by atoms with van der Waals surface area (Å²) in [5.74, 6) is -2.06. The van der Waals surface area contributed by atoms with Crippen molar-refractivity contribution in [3.8, 4) is 5.75 Å². The van der Waals surface area contributed by atoms with Gasteiger partial charge in [-0.05, 0) is 87.4 Å². The zero-order valence-electron chi connectivity index (χ0n) is 37.8. The van der Waals surface area contributed by atoms with Crippen LogP contribution in [0.2, 0.25) is 0 Å². The van der Waals surface area contributed by atoms with Crippen LogP contribution in [0, 0.1) is 10.1 Å². The van der Waals surface area contributed by atoms with Gasteiger partial charge in [0.2, 0.25) is 17.7 Å². The van der Waals surface area contributed by atoms with E-state index in [1.54, 1.807) is 52.0 Å². The Bertz CT molecular complexity index is 2750. The summed E-state index contributed by atoms with van der Waals surface area (Å²) in [5, 5.41) is 34.5. The highest BCUT2D eigenvalue weighted by molar-refractivity contribution is 8.01. The number of amides is 3. The van der Waals surface area contributed by atoms with Crippen molar-refractivity contribution in [2.45, 2.75) is 86.7 Å². The number of carboxylic acids is 2. The van der Waals surface area contributed by atoms with Crippen LogP contribution in [0.15, 0.2) is 132 Å². The van der Waals surface area contributed by atoms with E-state index in [1.807, 2.05) is 48.5 Å². The zero-order valence-corrected chi connectivity index (χ0v) is 38.6. The van der Waals surface area contributed by atoms with E-state index in [-0.39, 0.29) is 29.4 Å². The number of benzene rings is 5. The number of nitro groups is 1. The summed E-state index contributed by atoms with van der Waals surface area (Å²) in [7, 11) is 0. The molecule has 4 aliphatic rings. The number of nitrogens with zero attached hydrogens (tertiary/aromatic N) is 3. The molecular formula is C51H52N6O10S. The zero-order chi connectivity index (χ0) is 48.9. The third-order valence-electron chi connectivity index (χ3n) is 12.1. The third kappa shape index (κ3) is 10.6. The number of nitro benzene ring substituents is 1. The predicted molar refractivity (Wildman–Crippen MR) is 258 cm³/mol. The summed E-state index contributed by atoms with van der Waals surface area (Å²) in [6.07, 6.45) is 3.50. The van der Waals surface area contributed by atoms with Crippen molar-refractivity contribution >= 4 is 58.5 Å². The lowest BCUT2D eigenvalue weighted by atomic mass is 9.79. The molecule has 6 N–H and O–H groups in total. The molecule has 0 radical (unpaired) electrons. The van der Waals surface area contributed by atoms with E-state index >= 15 is 0 Å². The first-order valence-corrected chi connectivity index (χ1v) is 22.9. The average molecular weight is 941 g/mol. The number of thioether (sulfide) groups is 1. The molecule has 3 amide bonds. The molecule has 2 fully saturated rings. The number of carbonyl (C=O) groups excluding carboxylic acids is 3. The first-order chi connectivity index (χ1) is 32.4. The predicted octanol–water partition coefficient (Wildman–Crippen LogP) is 7.10. The Morgan fingerprint density at radius 3 is 2.24 bits per heavy atom. The van der Waals surface area contributed by atoms with Gasteiger partial charge >= 0.3 is 11.9 Å². The first kappa shape index (κ1) is 48.6. The minimum atomic E-state index is -1.22. The number of hydrogen-bond acceptors (Lipinski definition) is 11. The van der Waals surface area contributed by atoms with Crippen LogP contribution in [0.3, 0.4) is 0 Å². The number of aliphatic imine (C=N–C) groups is 1. The van der Waals surface area contributed by atoms with Crippen molar-refractivity contribution in [1.29, 1.82) is 0 Å². The maximum Gasteiger partial charge on any atom is 0.347 e. The van der Waals surface area contributed by atoms with Crippen molar-refractivity contribution in [3.63, 3.8) is 0 Å². The Morgan fingerprint density at radius 1 is 0.941 bits per heavy atom. The van der Waals surface area contributed by atoms with E-state index in [2.05, 4.69) is 52.0 Å². The molecule has 0 spiro atoms. The normalized spacial score (nSPS) is 20.2. The van der Waals surface area contributed by atoms with E-state index in [1.165, 1.54) is 58.0 Å². The molecule has 68 heavy (non-hydrogen) atoms. The number of carbonyl (C=O) groups is 5. The molecule has 17 heteroatoms. The number of rotatable bonds is 10. The minimum absolute atomic E-state index is 0.00724. The standard InChI is InChI=1S/C20H22O3.C16H19N3O4S.C15H11N3O3/c1-20(2,19(21)22)23-16-12-10-15(11-13-16)18-9-5-7-14-6-3-4-8-17(14)18;1-16(2)11(15(22)23)19-13(21)10(14(19)24-16)18-12(20)9(17)8-6-4-3-5-7-8;19-14-9-16-15(10-4-2-1-3-5-10)12-8-11(18(20)21)6-7-13(12)17-14/h3-4,6,8,10-13,18H,5,7,9H2,1-2H3,(H,21,22);3-7,9-11,14H,17H2,1-2H3,(H,18,20)(H,22,23);1-8H,9H2,(H,17,19)/t;9-,10-,11+,14-;/m.1./s1. The molecule has 352 valence electrons. The largest absolute Gasteiger partial charge is 0.480 e. The summed E-state index contributed by atoms with van der Waals surface area (Å²) < 4.78 is 4.96. The number of non-ortho nitro benzene ring substituents is 1. The molecule has 9 rings (SSSR count). The summed E-state index contributed by atoms with van der Waals surface area (Å²) in [6.45, 7) is 6.68. The monoisotopic (exact) mass is 940 g/mol. The molecular weight excluding hydrogens is 889 g/mol. The highest BCUT2D eigenvalue weighted by atomic mass is 32.2. The second kappa shape index (κ2) is 20.2. The van der Waals surface area contributed by atoms with Gasteiger partial charge in [0.05, 0.1) is 16.3 Å². The van der Waals surface area contributed by atoms with Gasteiger partial charge in [0.15, 0.2) is 5.60 Å². The van der Waals surface area contributed by atoms with Gasteiger partial charge in [-0.2, -0.15) is 0 Å². The molecule has 5 aromatic carbocycles. The lowest BCUT2D eigenvalue weighted by molar-refractivity contribution is -0.384. The first-order valence-electron chi connectivity index (χ1n) is 22.0. The van der Waals surface area contributed by atoms with Crippen LogP contribution in [0.1, 0.15) is 85.9 Å². The lowest BCUT2D eigenvalue weighted by Crippen LogP contribution is -2.71. The van der Waals surface area contributed by atoms with Crippen molar-refractivity contribution in [3.05, 3.63) is 171 Å². The summed E-state index contributed by atoms with van der Waals surface area (Å²) in [5.41, 5.74) is 11.9. The van der Waals surface area contributed by atoms with E-state index in [4.69, 9.17) is 15.6 Å². The molecule has 16 nitrogen and oxygen atoms in total. The molecule has 0 saturated carbocycles. The van der Waals surface area contributed by atoms with Crippen LogP contribution in [-0.2, 0) is 30.4 Å². The second-order valence-corrected chi connectivity index (χ2v) is 19.4. The highest BCUT2D eigenvalue weighted by Gasteiger charge is 2.64. The number of hydrogen-bond donors (Lipinski definition) is 5. The number of nitrogens with one attached hydrogen (secondary N) is 2. The molecule has 3 heterocycles. The lowest BCUT2D eigenvalue weighted by Gasteiger charge is -2.43. The van der Waals surface area contributed by atoms with Crippen LogP contribution < -0.4 is 21.1 Å². The van der Waals surface area contributed by atoms with E-state index < -0.39 is 51.2 Å². The molecule has 2 saturated heterocycles. The van der Waals surface area contributed by atoms with E-state index in [9.17, 15) is 39.2 Å². The van der Waals surface area contributed by atoms with Crippen molar-refractivity contribution in [1.82, 2.24) is 10.2 Å². The van der Waals surface area contributed by atoms with Crippen LogP contribution in [0.25, 0.3) is 0 Å². The van der Waals surface area contributed by atoms with Crippen LogP contribution in [-0.4, -0.2) is 89.8 Å². The molecule has 5 atom stereocenters.